The maximum Gasteiger partial charge on any atom is 0.407 e. The summed E-state index contributed by atoms with van der Waals surface area (Å²) in [5, 5.41) is 5.35. The SMILES string of the molecule is O=C(CCc1ccccc1)OCCCOC(=O)NCc1cccc(CNC(=O)OCCCOC(=O)CCc2ccccc2)c1. The predicted octanol–water partition coefficient (Wildman–Crippen LogP) is 5.27. The van der Waals surface area contributed by atoms with Crippen molar-refractivity contribution >= 4 is 24.1 Å². The minimum atomic E-state index is -0.575. The molecule has 0 heterocycles. The van der Waals surface area contributed by atoms with Crippen LogP contribution in [0.4, 0.5) is 9.59 Å². The molecule has 44 heavy (non-hydrogen) atoms. The van der Waals surface area contributed by atoms with Crippen molar-refractivity contribution in [2.24, 2.45) is 0 Å². The lowest BCUT2D eigenvalue weighted by molar-refractivity contribution is -0.144. The molecule has 0 radical (unpaired) electrons. The van der Waals surface area contributed by atoms with E-state index in [0.717, 1.165) is 22.3 Å². The van der Waals surface area contributed by atoms with Gasteiger partial charge < -0.3 is 29.6 Å². The lowest BCUT2D eigenvalue weighted by Gasteiger charge is -2.10. The van der Waals surface area contributed by atoms with Gasteiger partial charge in [-0.15, -0.1) is 0 Å². The van der Waals surface area contributed by atoms with Gasteiger partial charge in [0.2, 0.25) is 0 Å². The number of ether oxygens (including phenoxy) is 4. The summed E-state index contributed by atoms with van der Waals surface area (Å²) < 4.78 is 20.6. The van der Waals surface area contributed by atoms with E-state index in [4.69, 9.17) is 18.9 Å². The van der Waals surface area contributed by atoms with Crippen LogP contribution in [0.1, 0.15) is 47.9 Å². The maximum atomic E-state index is 12.0. The first-order valence-electron chi connectivity index (χ1n) is 14.8. The zero-order valence-electron chi connectivity index (χ0n) is 24.8. The molecular formula is C34H40N2O8. The van der Waals surface area contributed by atoms with Crippen molar-refractivity contribution < 1.29 is 38.1 Å². The summed E-state index contributed by atoms with van der Waals surface area (Å²) in [5.41, 5.74) is 3.81. The lowest BCUT2D eigenvalue weighted by Crippen LogP contribution is -2.25. The van der Waals surface area contributed by atoms with Gasteiger partial charge in [-0.25, -0.2) is 9.59 Å². The normalized spacial score (nSPS) is 10.4. The first-order chi connectivity index (χ1) is 21.5. The van der Waals surface area contributed by atoms with E-state index in [2.05, 4.69) is 10.6 Å². The Balaban J connectivity index is 1.18. The summed E-state index contributed by atoms with van der Waals surface area (Å²) in [5.74, 6) is -0.567. The number of amides is 2. The molecule has 0 saturated carbocycles. The molecule has 0 spiro atoms. The van der Waals surface area contributed by atoms with Gasteiger partial charge in [0, 0.05) is 38.8 Å². The molecule has 10 nitrogen and oxygen atoms in total. The molecule has 0 bridgehead atoms. The monoisotopic (exact) mass is 604 g/mol. The molecule has 0 aliphatic carbocycles. The molecule has 2 amide bonds. The first kappa shape index (κ1) is 33.6. The molecule has 0 aliphatic heterocycles. The summed E-state index contributed by atoms with van der Waals surface area (Å²) in [6.45, 7) is 1.11. The van der Waals surface area contributed by atoms with Crippen LogP contribution in [0.2, 0.25) is 0 Å². The maximum absolute atomic E-state index is 12.0. The summed E-state index contributed by atoms with van der Waals surface area (Å²) in [6.07, 6.45) is 1.51. The number of hydrogen-bond donors (Lipinski definition) is 2. The van der Waals surface area contributed by atoms with Gasteiger partial charge in [0.05, 0.1) is 26.4 Å². The van der Waals surface area contributed by atoms with Gasteiger partial charge in [-0.05, 0) is 35.1 Å². The minimum Gasteiger partial charge on any atom is -0.466 e. The molecule has 10 heteroatoms. The van der Waals surface area contributed by atoms with E-state index < -0.39 is 12.2 Å². The number of hydrogen-bond acceptors (Lipinski definition) is 8. The summed E-state index contributed by atoms with van der Waals surface area (Å²) in [7, 11) is 0. The van der Waals surface area contributed by atoms with Crippen LogP contribution in [0.25, 0.3) is 0 Å². The van der Waals surface area contributed by atoms with Crippen LogP contribution in [-0.2, 0) is 54.5 Å². The highest BCUT2D eigenvalue weighted by Gasteiger charge is 2.08. The fraction of sp³-hybridized carbons (Fsp3) is 0.353. The predicted molar refractivity (Wildman–Crippen MR) is 163 cm³/mol. The highest BCUT2D eigenvalue weighted by atomic mass is 16.6. The Morgan fingerprint density at radius 1 is 0.477 bits per heavy atom. The third-order valence-corrected chi connectivity index (χ3v) is 6.36. The van der Waals surface area contributed by atoms with Gasteiger partial charge in [0.25, 0.3) is 0 Å². The number of esters is 2. The zero-order chi connectivity index (χ0) is 31.2. The van der Waals surface area contributed by atoms with Crippen LogP contribution in [0.5, 0.6) is 0 Å². The summed E-state index contributed by atoms with van der Waals surface area (Å²) in [4.78, 5) is 47.7. The van der Waals surface area contributed by atoms with E-state index in [9.17, 15) is 19.2 Å². The van der Waals surface area contributed by atoms with Crippen molar-refractivity contribution in [1.29, 1.82) is 0 Å². The third-order valence-electron chi connectivity index (χ3n) is 6.36. The lowest BCUT2D eigenvalue weighted by atomic mass is 10.1. The number of nitrogens with one attached hydrogen (secondary N) is 2. The van der Waals surface area contributed by atoms with Crippen LogP contribution in [0.3, 0.4) is 0 Å². The van der Waals surface area contributed by atoms with Gasteiger partial charge in [-0.2, -0.15) is 0 Å². The van der Waals surface area contributed by atoms with Crippen LogP contribution in [-0.4, -0.2) is 50.6 Å². The Hall–Kier alpha value is -4.86. The van der Waals surface area contributed by atoms with Crippen molar-refractivity contribution in [3.8, 4) is 0 Å². The van der Waals surface area contributed by atoms with Gasteiger partial charge in [0.1, 0.15) is 0 Å². The van der Waals surface area contributed by atoms with Crippen LogP contribution in [0, 0.1) is 0 Å². The van der Waals surface area contributed by atoms with Crippen LogP contribution in [0.15, 0.2) is 84.9 Å². The fourth-order valence-electron chi connectivity index (χ4n) is 4.05. The van der Waals surface area contributed by atoms with Crippen molar-refractivity contribution in [3.63, 3.8) is 0 Å². The van der Waals surface area contributed by atoms with E-state index in [0.29, 0.717) is 38.5 Å². The van der Waals surface area contributed by atoms with Crippen molar-refractivity contribution in [3.05, 3.63) is 107 Å². The molecular weight excluding hydrogens is 564 g/mol. The molecule has 3 aromatic rings. The van der Waals surface area contributed by atoms with Gasteiger partial charge in [0.15, 0.2) is 0 Å². The molecule has 0 saturated heterocycles. The molecule has 0 aromatic heterocycles. The topological polar surface area (TPSA) is 129 Å². The molecule has 2 N–H and O–H groups in total. The van der Waals surface area contributed by atoms with Crippen molar-refractivity contribution in [1.82, 2.24) is 10.6 Å². The van der Waals surface area contributed by atoms with E-state index >= 15 is 0 Å². The molecule has 0 aliphatic rings. The molecule has 234 valence electrons. The Kier molecular flexibility index (Phi) is 15.4. The highest BCUT2D eigenvalue weighted by molar-refractivity contribution is 5.70. The van der Waals surface area contributed by atoms with Gasteiger partial charge in [-0.1, -0.05) is 84.9 Å². The van der Waals surface area contributed by atoms with Crippen LogP contribution < -0.4 is 10.6 Å². The van der Waals surface area contributed by atoms with Crippen LogP contribution >= 0.6 is 0 Å². The molecule has 0 unspecified atom stereocenters. The Morgan fingerprint density at radius 2 is 0.864 bits per heavy atom. The number of rotatable bonds is 18. The fourth-order valence-corrected chi connectivity index (χ4v) is 4.05. The first-order valence-corrected chi connectivity index (χ1v) is 14.8. The largest absolute Gasteiger partial charge is 0.466 e. The van der Waals surface area contributed by atoms with E-state index in [1.54, 1.807) is 0 Å². The van der Waals surface area contributed by atoms with E-state index in [1.165, 1.54) is 0 Å². The molecule has 3 rings (SSSR count). The Morgan fingerprint density at radius 3 is 1.30 bits per heavy atom. The van der Waals surface area contributed by atoms with Gasteiger partial charge in [-0.3, -0.25) is 9.59 Å². The second kappa shape index (κ2) is 20.1. The minimum absolute atomic E-state index is 0.126. The number of aryl methyl sites for hydroxylation is 2. The molecule has 0 fully saturated rings. The zero-order valence-corrected chi connectivity index (χ0v) is 24.8. The number of benzene rings is 3. The highest BCUT2D eigenvalue weighted by Crippen LogP contribution is 2.07. The average molecular weight is 605 g/mol. The number of carbonyl (C=O) groups is 4. The smallest absolute Gasteiger partial charge is 0.407 e. The molecule has 3 aromatic carbocycles. The van der Waals surface area contributed by atoms with E-state index in [-0.39, 0.29) is 51.5 Å². The van der Waals surface area contributed by atoms with Crippen molar-refractivity contribution in [2.45, 2.75) is 51.6 Å². The number of alkyl carbamates (subject to hydrolysis) is 2. The average Bonchev–Trinajstić information content (AvgIpc) is 3.05. The van der Waals surface area contributed by atoms with E-state index in [1.807, 2.05) is 84.9 Å². The quantitative estimate of drug-likeness (QED) is 0.114. The Bertz CT molecular complexity index is 1200. The number of carbonyl (C=O) groups excluding carboxylic acids is 4. The second-order valence-electron chi connectivity index (χ2n) is 9.92. The standard InChI is InChI=1S/C34H40N2O8/c37-31(18-16-27-10-3-1-4-11-27)41-20-8-22-43-33(39)35-25-29-14-7-15-30(24-29)26-36-34(40)44-23-9-21-42-32(38)19-17-28-12-5-2-6-13-28/h1-7,10-15,24H,8-9,16-23,25-26H2,(H,35,39)(H,36,40). The van der Waals surface area contributed by atoms with Crippen molar-refractivity contribution in [2.75, 3.05) is 26.4 Å². The molecule has 0 atom stereocenters. The Labute approximate surface area is 258 Å². The summed E-state index contributed by atoms with van der Waals surface area (Å²) in [6, 6.07) is 26.8. The summed E-state index contributed by atoms with van der Waals surface area (Å²) >= 11 is 0. The third kappa shape index (κ3) is 14.9. The second-order valence-corrected chi connectivity index (χ2v) is 9.92. The van der Waals surface area contributed by atoms with Gasteiger partial charge >= 0.3 is 24.1 Å².